The Kier molecular flexibility index (Phi) is 5.02. The van der Waals surface area contributed by atoms with Gasteiger partial charge in [-0.05, 0) is 48.9 Å². The topological polar surface area (TPSA) is 54.9 Å². The van der Waals surface area contributed by atoms with Crippen molar-refractivity contribution in [2.45, 2.75) is 35.4 Å². The monoisotopic (exact) mass is 459 g/mol. The number of amides is 1. The molecule has 148 valence electrons. The highest BCUT2D eigenvalue weighted by Crippen LogP contribution is 2.43. The van der Waals surface area contributed by atoms with Gasteiger partial charge in [-0.15, -0.1) is 11.3 Å². The van der Waals surface area contributed by atoms with E-state index in [9.17, 15) is 4.79 Å². The predicted octanol–water partition coefficient (Wildman–Crippen LogP) is 6.73. The van der Waals surface area contributed by atoms with Crippen molar-refractivity contribution in [2.75, 3.05) is 11.6 Å². The standard InChI is InChI=1S/C21H18ClN3OS3/c1-27-20-24-15-9-8-14-16(17(15)29-20)28-19(23-14)25-18(26)21(10-2-3-11-21)12-4-6-13(22)7-5-12/h4-9H,2-3,10-11H2,1H3,(H,23,25,26). The van der Waals surface area contributed by atoms with Crippen molar-refractivity contribution < 1.29 is 4.79 Å². The molecule has 0 radical (unpaired) electrons. The lowest BCUT2D eigenvalue weighted by atomic mass is 9.78. The lowest BCUT2D eigenvalue weighted by Gasteiger charge is -2.27. The smallest absolute Gasteiger partial charge is 0.236 e. The fraction of sp³-hybridized carbons (Fsp3) is 0.286. The molecule has 1 saturated carbocycles. The first-order valence-electron chi connectivity index (χ1n) is 9.41. The maximum Gasteiger partial charge on any atom is 0.236 e. The molecule has 2 aromatic heterocycles. The molecule has 1 amide bonds. The van der Waals surface area contributed by atoms with Crippen molar-refractivity contribution in [3.8, 4) is 0 Å². The van der Waals surface area contributed by atoms with Crippen molar-refractivity contribution in [2.24, 2.45) is 0 Å². The molecule has 2 heterocycles. The van der Waals surface area contributed by atoms with Gasteiger partial charge in [0.1, 0.15) is 0 Å². The van der Waals surface area contributed by atoms with Crippen LogP contribution in [0.2, 0.25) is 5.02 Å². The first-order valence-corrected chi connectivity index (χ1v) is 12.6. The van der Waals surface area contributed by atoms with Crippen LogP contribution in [0.5, 0.6) is 0 Å². The molecule has 1 aliphatic rings. The molecule has 0 unspecified atom stereocenters. The van der Waals surface area contributed by atoms with E-state index in [2.05, 4.69) is 15.3 Å². The van der Waals surface area contributed by atoms with Gasteiger partial charge in [0.25, 0.3) is 0 Å². The molecule has 4 aromatic rings. The maximum atomic E-state index is 13.4. The second kappa shape index (κ2) is 7.54. The fourth-order valence-corrected chi connectivity index (χ4v) is 6.88. The highest BCUT2D eigenvalue weighted by Gasteiger charge is 2.43. The summed E-state index contributed by atoms with van der Waals surface area (Å²) in [6, 6.07) is 11.7. The van der Waals surface area contributed by atoms with Crippen molar-refractivity contribution in [3.05, 3.63) is 47.0 Å². The molecule has 0 atom stereocenters. The summed E-state index contributed by atoms with van der Waals surface area (Å²) in [7, 11) is 0. The van der Waals surface area contributed by atoms with Crippen LogP contribution in [0.25, 0.3) is 20.4 Å². The van der Waals surface area contributed by atoms with E-state index >= 15 is 0 Å². The van der Waals surface area contributed by atoms with Crippen LogP contribution < -0.4 is 5.32 Å². The van der Waals surface area contributed by atoms with Gasteiger partial charge in [-0.3, -0.25) is 4.79 Å². The molecule has 8 heteroatoms. The Labute approximate surface area is 185 Å². The number of aromatic nitrogens is 2. The number of anilines is 1. The van der Waals surface area contributed by atoms with Crippen LogP contribution in [0.15, 0.2) is 40.7 Å². The van der Waals surface area contributed by atoms with Gasteiger partial charge in [0, 0.05) is 5.02 Å². The summed E-state index contributed by atoms with van der Waals surface area (Å²) in [5, 5.41) is 4.46. The van der Waals surface area contributed by atoms with Crippen molar-refractivity contribution in [3.63, 3.8) is 0 Å². The predicted molar refractivity (Wildman–Crippen MR) is 125 cm³/mol. The van der Waals surface area contributed by atoms with Crippen molar-refractivity contribution in [1.82, 2.24) is 9.97 Å². The summed E-state index contributed by atoms with van der Waals surface area (Å²) in [6.45, 7) is 0. The van der Waals surface area contributed by atoms with Crippen molar-refractivity contribution in [1.29, 1.82) is 0 Å². The number of benzene rings is 2. The van der Waals surface area contributed by atoms with Crippen LogP contribution in [0.4, 0.5) is 5.13 Å². The van der Waals surface area contributed by atoms with Crippen LogP contribution in [-0.2, 0) is 10.2 Å². The van der Waals surface area contributed by atoms with Gasteiger partial charge in [-0.1, -0.05) is 59.7 Å². The number of fused-ring (bicyclic) bond motifs is 3. The summed E-state index contributed by atoms with van der Waals surface area (Å²) in [5.41, 5.74) is 2.42. The maximum absolute atomic E-state index is 13.4. The second-order valence-corrected chi connectivity index (χ2v) is 10.7. The number of thioether (sulfide) groups is 1. The number of hydrogen-bond donors (Lipinski definition) is 1. The molecule has 5 rings (SSSR count). The fourth-order valence-electron chi connectivity index (χ4n) is 4.10. The minimum Gasteiger partial charge on any atom is -0.301 e. The van der Waals surface area contributed by atoms with Crippen LogP contribution in [0.3, 0.4) is 0 Å². The molecular formula is C21H18ClN3OS3. The van der Waals surface area contributed by atoms with Gasteiger partial charge in [-0.2, -0.15) is 0 Å². The van der Waals surface area contributed by atoms with E-state index in [0.29, 0.717) is 10.2 Å². The molecule has 1 fully saturated rings. The van der Waals surface area contributed by atoms with Gasteiger partial charge < -0.3 is 5.32 Å². The van der Waals surface area contributed by atoms with E-state index in [1.54, 1.807) is 23.1 Å². The molecule has 0 bridgehead atoms. The molecule has 1 aliphatic carbocycles. The van der Waals surface area contributed by atoms with Crippen molar-refractivity contribution >= 4 is 77.5 Å². The largest absolute Gasteiger partial charge is 0.301 e. The summed E-state index contributed by atoms with van der Waals surface area (Å²) < 4.78 is 3.26. The minimum absolute atomic E-state index is 0.0294. The van der Waals surface area contributed by atoms with E-state index in [4.69, 9.17) is 11.6 Å². The number of hydrogen-bond acceptors (Lipinski definition) is 6. The zero-order valence-corrected chi connectivity index (χ0v) is 18.9. The average molecular weight is 460 g/mol. The Morgan fingerprint density at radius 1 is 1.03 bits per heavy atom. The highest BCUT2D eigenvalue weighted by molar-refractivity contribution is 8.00. The Hall–Kier alpha value is -1.67. The molecular weight excluding hydrogens is 442 g/mol. The van der Waals surface area contributed by atoms with Crippen LogP contribution in [0, 0.1) is 0 Å². The average Bonchev–Trinajstić information content (AvgIpc) is 3.45. The number of halogens is 1. The number of rotatable bonds is 4. The Balaban J connectivity index is 1.50. The summed E-state index contributed by atoms with van der Waals surface area (Å²) in [6.07, 6.45) is 5.83. The zero-order valence-electron chi connectivity index (χ0n) is 15.7. The molecule has 4 nitrogen and oxygen atoms in total. The summed E-state index contributed by atoms with van der Waals surface area (Å²) >= 11 is 10.9. The Morgan fingerprint density at radius 2 is 1.69 bits per heavy atom. The van der Waals surface area contributed by atoms with E-state index in [1.165, 1.54) is 11.3 Å². The van der Waals surface area contributed by atoms with E-state index < -0.39 is 5.41 Å². The zero-order chi connectivity index (χ0) is 20.0. The molecule has 1 N–H and O–H groups in total. The molecule has 29 heavy (non-hydrogen) atoms. The normalized spacial score (nSPS) is 15.9. The lowest BCUT2D eigenvalue weighted by Crippen LogP contribution is -2.37. The van der Waals surface area contributed by atoms with Gasteiger partial charge in [0.15, 0.2) is 9.47 Å². The van der Waals surface area contributed by atoms with E-state index in [0.717, 1.165) is 56.0 Å². The highest BCUT2D eigenvalue weighted by atomic mass is 35.5. The van der Waals surface area contributed by atoms with Gasteiger partial charge >= 0.3 is 0 Å². The number of carbonyl (C=O) groups is 1. The number of thiazole rings is 2. The summed E-state index contributed by atoms with van der Waals surface area (Å²) in [5.74, 6) is 0.0294. The van der Waals surface area contributed by atoms with Gasteiger partial charge in [0.05, 0.1) is 25.8 Å². The number of nitrogens with one attached hydrogen (secondary N) is 1. The van der Waals surface area contributed by atoms with Crippen LogP contribution >= 0.6 is 46.0 Å². The second-order valence-electron chi connectivity index (χ2n) is 7.22. The van der Waals surface area contributed by atoms with Crippen LogP contribution in [-0.4, -0.2) is 22.1 Å². The van der Waals surface area contributed by atoms with Gasteiger partial charge in [-0.25, -0.2) is 9.97 Å². The number of nitrogens with zero attached hydrogens (tertiary/aromatic N) is 2. The SMILES string of the molecule is CSc1nc2ccc3nc(NC(=O)C4(c5ccc(Cl)cc5)CCCC4)sc3c2s1. The third-order valence-electron chi connectivity index (χ3n) is 5.58. The first-order chi connectivity index (χ1) is 14.1. The first kappa shape index (κ1) is 19.3. The summed E-state index contributed by atoms with van der Waals surface area (Å²) in [4.78, 5) is 22.7. The van der Waals surface area contributed by atoms with Crippen LogP contribution in [0.1, 0.15) is 31.2 Å². The quantitative estimate of drug-likeness (QED) is 0.343. The minimum atomic E-state index is -0.506. The molecule has 0 aliphatic heterocycles. The van der Waals surface area contributed by atoms with E-state index in [-0.39, 0.29) is 5.91 Å². The van der Waals surface area contributed by atoms with Gasteiger partial charge in [0.2, 0.25) is 5.91 Å². The molecule has 0 saturated heterocycles. The third-order valence-corrected chi connectivity index (χ3v) is 9.04. The van der Waals surface area contributed by atoms with E-state index in [1.807, 2.05) is 42.7 Å². The molecule has 0 spiro atoms. The number of carbonyl (C=O) groups excluding carboxylic acids is 1. The Bertz CT molecular complexity index is 1210. The lowest BCUT2D eigenvalue weighted by molar-refractivity contribution is -0.121. The third kappa shape index (κ3) is 3.34. The Morgan fingerprint density at radius 3 is 2.38 bits per heavy atom. The molecule has 2 aromatic carbocycles.